The van der Waals surface area contributed by atoms with Crippen LogP contribution in [0.2, 0.25) is 0 Å². The van der Waals surface area contributed by atoms with Crippen molar-refractivity contribution < 1.29 is 19.4 Å². The van der Waals surface area contributed by atoms with E-state index >= 15 is 0 Å². The highest BCUT2D eigenvalue weighted by molar-refractivity contribution is 5.96. The van der Waals surface area contributed by atoms with Crippen LogP contribution in [0, 0.1) is 0 Å². The fourth-order valence-corrected chi connectivity index (χ4v) is 2.70. The van der Waals surface area contributed by atoms with E-state index in [9.17, 15) is 14.7 Å². The molecule has 0 aliphatic rings. The normalized spacial score (nSPS) is 11.6. The lowest BCUT2D eigenvalue weighted by atomic mass is 9.93. The number of ether oxygens (including phenoxy) is 1. The molecule has 5 heteroatoms. The van der Waals surface area contributed by atoms with Gasteiger partial charge in [-0.25, -0.2) is 4.79 Å². The van der Waals surface area contributed by atoms with Gasteiger partial charge in [-0.05, 0) is 48.6 Å². The van der Waals surface area contributed by atoms with Crippen LogP contribution in [0.1, 0.15) is 45.0 Å². The maximum atomic E-state index is 12.2. The van der Waals surface area contributed by atoms with Gasteiger partial charge < -0.3 is 15.2 Å². The Labute approximate surface area is 147 Å². The van der Waals surface area contributed by atoms with Crippen LogP contribution < -0.4 is 5.32 Å². The van der Waals surface area contributed by atoms with Gasteiger partial charge in [-0.1, -0.05) is 30.3 Å². The Balaban J connectivity index is 1.89. The fourth-order valence-electron chi connectivity index (χ4n) is 2.70. The Morgan fingerprint density at radius 2 is 1.64 bits per heavy atom. The third kappa shape index (κ3) is 5.43. The highest BCUT2D eigenvalue weighted by Crippen LogP contribution is 2.22. The number of rotatable bonds is 8. The standard InChI is InChI=1S/C20H23NO4/c1-25-20(24)18-9-7-17(8-10-18)19(23)21-13-11-16(12-14-22)15-5-3-2-4-6-15/h2-10,16,22H,11-14H2,1H3,(H,21,23)/t16-/m0/s1. The van der Waals surface area contributed by atoms with Gasteiger partial charge in [-0.3, -0.25) is 4.79 Å². The van der Waals surface area contributed by atoms with Crippen molar-refractivity contribution >= 4 is 11.9 Å². The first-order valence-corrected chi connectivity index (χ1v) is 8.28. The molecule has 0 aliphatic heterocycles. The molecule has 0 bridgehead atoms. The molecule has 0 unspecified atom stereocenters. The molecule has 2 aromatic rings. The predicted molar refractivity (Wildman–Crippen MR) is 95.6 cm³/mol. The van der Waals surface area contributed by atoms with Gasteiger partial charge in [0.2, 0.25) is 0 Å². The number of aliphatic hydroxyl groups excluding tert-OH is 1. The Bertz CT molecular complexity index is 683. The van der Waals surface area contributed by atoms with Crippen molar-refractivity contribution in [2.75, 3.05) is 20.3 Å². The summed E-state index contributed by atoms with van der Waals surface area (Å²) in [5.41, 5.74) is 2.06. The van der Waals surface area contributed by atoms with E-state index in [1.54, 1.807) is 24.3 Å². The Morgan fingerprint density at radius 3 is 2.24 bits per heavy atom. The zero-order valence-corrected chi connectivity index (χ0v) is 14.3. The SMILES string of the molecule is COC(=O)c1ccc(C(=O)NCC[C@@H](CCO)c2ccccc2)cc1. The van der Waals surface area contributed by atoms with Gasteiger partial charge in [0.05, 0.1) is 12.7 Å². The first-order chi connectivity index (χ1) is 12.2. The van der Waals surface area contributed by atoms with E-state index in [1.165, 1.54) is 7.11 Å². The van der Waals surface area contributed by atoms with E-state index in [1.807, 2.05) is 30.3 Å². The predicted octanol–water partition coefficient (Wildman–Crippen LogP) is 2.76. The largest absolute Gasteiger partial charge is 0.465 e. The maximum Gasteiger partial charge on any atom is 0.337 e. The van der Waals surface area contributed by atoms with Gasteiger partial charge in [-0.2, -0.15) is 0 Å². The Morgan fingerprint density at radius 1 is 1.00 bits per heavy atom. The monoisotopic (exact) mass is 341 g/mol. The summed E-state index contributed by atoms with van der Waals surface area (Å²) in [6.07, 6.45) is 1.41. The highest BCUT2D eigenvalue weighted by atomic mass is 16.5. The Kier molecular flexibility index (Phi) is 7.16. The molecule has 1 atom stereocenters. The second-order valence-electron chi connectivity index (χ2n) is 5.73. The zero-order chi connectivity index (χ0) is 18.1. The molecule has 2 N–H and O–H groups in total. The molecule has 0 heterocycles. The number of benzene rings is 2. The van der Waals surface area contributed by atoms with E-state index in [2.05, 4.69) is 10.1 Å². The van der Waals surface area contributed by atoms with Gasteiger partial charge in [0.25, 0.3) is 5.91 Å². The first kappa shape index (κ1) is 18.7. The minimum absolute atomic E-state index is 0.114. The summed E-state index contributed by atoms with van der Waals surface area (Å²) in [6.45, 7) is 0.625. The van der Waals surface area contributed by atoms with Gasteiger partial charge in [0.1, 0.15) is 0 Å². The van der Waals surface area contributed by atoms with Crippen LogP contribution in [0.3, 0.4) is 0 Å². The van der Waals surface area contributed by atoms with E-state index in [0.717, 1.165) is 12.0 Å². The van der Waals surface area contributed by atoms with E-state index in [4.69, 9.17) is 0 Å². The molecule has 0 aromatic heterocycles. The smallest absolute Gasteiger partial charge is 0.337 e. The van der Waals surface area contributed by atoms with Gasteiger partial charge in [0.15, 0.2) is 0 Å². The average Bonchev–Trinajstić information content (AvgIpc) is 2.67. The van der Waals surface area contributed by atoms with Crippen LogP contribution >= 0.6 is 0 Å². The zero-order valence-electron chi connectivity index (χ0n) is 14.3. The molecule has 2 rings (SSSR count). The van der Waals surface area contributed by atoms with Crippen LogP contribution in [0.4, 0.5) is 0 Å². The van der Waals surface area contributed by atoms with E-state index < -0.39 is 5.97 Å². The number of hydrogen-bond acceptors (Lipinski definition) is 4. The van der Waals surface area contributed by atoms with Gasteiger partial charge >= 0.3 is 5.97 Å². The summed E-state index contributed by atoms with van der Waals surface area (Å²) in [7, 11) is 1.32. The van der Waals surface area contributed by atoms with Gasteiger partial charge in [-0.15, -0.1) is 0 Å². The maximum absolute atomic E-state index is 12.2. The Hall–Kier alpha value is -2.66. The number of methoxy groups -OCH3 is 1. The average molecular weight is 341 g/mol. The lowest BCUT2D eigenvalue weighted by molar-refractivity contribution is 0.0600. The summed E-state index contributed by atoms with van der Waals surface area (Å²) in [4.78, 5) is 23.6. The molecule has 0 saturated heterocycles. The number of nitrogens with one attached hydrogen (secondary N) is 1. The molecule has 1 amide bonds. The van der Waals surface area contributed by atoms with Crippen molar-refractivity contribution in [2.24, 2.45) is 0 Å². The second-order valence-corrected chi connectivity index (χ2v) is 5.73. The first-order valence-electron chi connectivity index (χ1n) is 8.28. The summed E-state index contributed by atoms with van der Waals surface area (Å²) in [5.74, 6) is -0.415. The molecule has 0 saturated carbocycles. The van der Waals surface area contributed by atoms with Crippen molar-refractivity contribution in [3.8, 4) is 0 Å². The lowest BCUT2D eigenvalue weighted by Crippen LogP contribution is -2.26. The highest BCUT2D eigenvalue weighted by Gasteiger charge is 2.12. The van der Waals surface area contributed by atoms with Crippen LogP contribution in [0.5, 0.6) is 0 Å². The van der Waals surface area contributed by atoms with Crippen LogP contribution in [0.15, 0.2) is 54.6 Å². The minimum atomic E-state index is -0.429. The topological polar surface area (TPSA) is 75.6 Å². The molecule has 0 fully saturated rings. The summed E-state index contributed by atoms with van der Waals surface area (Å²) in [5, 5.41) is 12.1. The third-order valence-corrected chi connectivity index (χ3v) is 4.10. The molecule has 132 valence electrons. The molecular weight excluding hydrogens is 318 g/mol. The molecule has 0 spiro atoms. The van der Waals surface area contributed by atoms with Gasteiger partial charge in [0, 0.05) is 18.7 Å². The third-order valence-electron chi connectivity index (χ3n) is 4.10. The molecule has 0 radical (unpaired) electrons. The number of hydrogen-bond donors (Lipinski definition) is 2. The van der Waals surface area contributed by atoms with Crippen molar-refractivity contribution in [1.29, 1.82) is 0 Å². The van der Waals surface area contributed by atoms with Crippen LogP contribution in [0.25, 0.3) is 0 Å². The molecule has 25 heavy (non-hydrogen) atoms. The van der Waals surface area contributed by atoms with Crippen LogP contribution in [-0.2, 0) is 4.74 Å². The minimum Gasteiger partial charge on any atom is -0.465 e. The summed E-state index contributed by atoms with van der Waals surface area (Å²) < 4.78 is 4.63. The molecule has 0 aliphatic carbocycles. The number of aliphatic hydroxyl groups is 1. The van der Waals surface area contributed by atoms with Crippen molar-refractivity contribution in [3.63, 3.8) is 0 Å². The molecular formula is C20H23NO4. The fraction of sp³-hybridized carbons (Fsp3) is 0.300. The second kappa shape index (κ2) is 9.59. The van der Waals surface area contributed by atoms with Crippen LogP contribution in [-0.4, -0.2) is 37.2 Å². The number of amides is 1. The van der Waals surface area contributed by atoms with E-state index in [0.29, 0.717) is 24.1 Å². The van der Waals surface area contributed by atoms with Crippen molar-refractivity contribution in [1.82, 2.24) is 5.32 Å². The van der Waals surface area contributed by atoms with Crippen molar-refractivity contribution in [3.05, 3.63) is 71.3 Å². The quantitative estimate of drug-likeness (QED) is 0.724. The summed E-state index contributed by atoms with van der Waals surface area (Å²) >= 11 is 0. The summed E-state index contributed by atoms with van der Waals surface area (Å²) in [6, 6.07) is 16.3. The molecule has 2 aromatic carbocycles. The van der Waals surface area contributed by atoms with Crippen molar-refractivity contribution in [2.45, 2.75) is 18.8 Å². The van der Waals surface area contributed by atoms with E-state index in [-0.39, 0.29) is 18.4 Å². The number of carbonyl (C=O) groups excluding carboxylic acids is 2. The number of esters is 1. The molecule has 5 nitrogen and oxygen atoms in total. The lowest BCUT2D eigenvalue weighted by Gasteiger charge is -2.16. The number of carbonyl (C=O) groups is 2.